The molecule has 0 unspecified atom stereocenters. The molecule has 3 N–H and O–H groups in total. The number of thioether (sulfide) groups is 1. The Morgan fingerprint density at radius 1 is 1.06 bits per heavy atom. The average Bonchev–Trinajstić information content (AvgIpc) is 3.02. The Morgan fingerprint density at radius 2 is 1.74 bits per heavy atom. The first-order valence-corrected chi connectivity index (χ1v) is 11.6. The Balaban J connectivity index is 0.000000162. The van der Waals surface area contributed by atoms with Crippen LogP contribution in [0.5, 0.6) is 5.75 Å². The van der Waals surface area contributed by atoms with Gasteiger partial charge >= 0.3 is 6.18 Å². The maximum absolute atomic E-state index is 13.7. The summed E-state index contributed by atoms with van der Waals surface area (Å²) in [5.41, 5.74) is 5.42. The second kappa shape index (κ2) is 11.3. The maximum atomic E-state index is 13.7. The molecule has 0 radical (unpaired) electrons. The summed E-state index contributed by atoms with van der Waals surface area (Å²) in [4.78, 5) is 23.4. The average molecular weight is 510 g/mol. The lowest BCUT2D eigenvalue weighted by Gasteiger charge is -2.21. The summed E-state index contributed by atoms with van der Waals surface area (Å²) < 4.78 is 47.3. The molecular formula is C24H23F4N3O3S. The number of hydrogen-bond donors (Lipinski definition) is 3. The molecule has 0 atom stereocenters. The van der Waals surface area contributed by atoms with Gasteiger partial charge in [-0.15, -0.1) is 11.8 Å². The molecule has 0 fully saturated rings. The second-order valence-corrected chi connectivity index (χ2v) is 8.52. The number of nitrogens with one attached hydrogen (secondary N) is 2. The number of benzene rings is 2. The van der Waals surface area contributed by atoms with Crippen molar-refractivity contribution in [3.63, 3.8) is 0 Å². The smallest absolute Gasteiger partial charge is 0.388 e. The van der Waals surface area contributed by atoms with E-state index in [1.54, 1.807) is 23.9 Å². The third-order valence-electron chi connectivity index (χ3n) is 5.13. The van der Waals surface area contributed by atoms with Gasteiger partial charge in [0.05, 0.1) is 0 Å². The summed E-state index contributed by atoms with van der Waals surface area (Å²) in [6, 6.07) is 14.9. The third kappa shape index (κ3) is 6.78. The van der Waals surface area contributed by atoms with Crippen molar-refractivity contribution < 1.29 is 27.5 Å². The quantitative estimate of drug-likeness (QED) is 0.380. The molecule has 0 saturated heterocycles. The van der Waals surface area contributed by atoms with E-state index in [1.165, 1.54) is 27.4 Å². The molecule has 11 heteroatoms. The molecule has 3 aromatic rings. The molecule has 0 spiro atoms. The van der Waals surface area contributed by atoms with Gasteiger partial charge < -0.3 is 15.8 Å². The lowest BCUT2D eigenvalue weighted by atomic mass is 10.0. The normalized spacial score (nSPS) is 13.7. The monoisotopic (exact) mass is 509 g/mol. The highest BCUT2D eigenvalue weighted by Gasteiger charge is 2.23. The van der Waals surface area contributed by atoms with E-state index < -0.39 is 29.7 Å². The molecule has 2 aromatic carbocycles. The number of amides is 1. The number of carbonyl (C=O) groups excluding carboxylic acids is 1. The van der Waals surface area contributed by atoms with Crippen LogP contribution in [0.15, 0.2) is 64.4 Å². The number of nitrogens with zero attached hydrogens (tertiary/aromatic N) is 1. The summed E-state index contributed by atoms with van der Waals surface area (Å²) >= 11 is 1.73. The number of rotatable bonds is 0. The summed E-state index contributed by atoms with van der Waals surface area (Å²) in [5, 5.41) is 11.7. The van der Waals surface area contributed by atoms with Crippen molar-refractivity contribution >= 4 is 17.7 Å². The van der Waals surface area contributed by atoms with Crippen LogP contribution in [0, 0.1) is 5.82 Å². The van der Waals surface area contributed by atoms with Crippen LogP contribution in [0.4, 0.5) is 17.6 Å². The van der Waals surface area contributed by atoms with Crippen LogP contribution < -0.4 is 16.2 Å². The Bertz CT molecular complexity index is 1260. The van der Waals surface area contributed by atoms with Gasteiger partial charge in [-0.25, -0.2) is 4.39 Å². The Morgan fingerprint density at radius 3 is 2.46 bits per heavy atom. The molecular weight excluding hydrogens is 486 g/mol. The van der Waals surface area contributed by atoms with Crippen molar-refractivity contribution in [2.45, 2.75) is 36.6 Å². The van der Waals surface area contributed by atoms with Crippen molar-refractivity contribution in [1.29, 1.82) is 0 Å². The number of pyridine rings is 1. The van der Waals surface area contributed by atoms with Gasteiger partial charge in [-0.05, 0) is 29.7 Å². The predicted molar refractivity (Wildman–Crippen MR) is 126 cm³/mol. The molecule has 35 heavy (non-hydrogen) atoms. The topological polar surface area (TPSA) is 83.4 Å². The largest absolute Gasteiger partial charge is 0.502 e. The van der Waals surface area contributed by atoms with E-state index in [0.29, 0.717) is 0 Å². The van der Waals surface area contributed by atoms with E-state index in [2.05, 4.69) is 22.9 Å². The molecule has 1 amide bonds. The fourth-order valence-electron chi connectivity index (χ4n) is 3.24. The molecule has 186 valence electrons. The Labute approximate surface area is 203 Å². The second-order valence-electron chi connectivity index (χ2n) is 7.51. The SMILES string of the molecule is CCC(F)(F)F.Fc1cccc2c1CSc1ccccc1C2.O=C1NCNn2ccc(=O)c(O)c21. The van der Waals surface area contributed by atoms with E-state index >= 15 is 0 Å². The molecule has 5 rings (SSSR count). The van der Waals surface area contributed by atoms with Crippen molar-refractivity contribution in [2.24, 2.45) is 0 Å². The molecule has 0 bridgehead atoms. The van der Waals surface area contributed by atoms with Gasteiger partial charge in [0.2, 0.25) is 5.43 Å². The van der Waals surface area contributed by atoms with Gasteiger partial charge in [-0.3, -0.25) is 14.3 Å². The van der Waals surface area contributed by atoms with Crippen molar-refractivity contribution in [3.05, 3.63) is 93.2 Å². The summed E-state index contributed by atoms with van der Waals surface area (Å²) in [5.74, 6) is -0.335. The minimum atomic E-state index is -3.96. The highest BCUT2D eigenvalue weighted by atomic mass is 32.2. The van der Waals surface area contributed by atoms with Crippen molar-refractivity contribution in [3.8, 4) is 5.75 Å². The standard InChI is InChI=1S/C14H11FS.C7H7N3O3.C3H5F3/c15-13-6-3-5-10-8-11-4-1-2-7-14(11)16-9-12(10)13;11-4-1-2-10-5(6(4)12)7(13)8-3-9-10;1-2-3(4,5)6/h1-7H,8-9H2;1-2,9,12H,3H2,(H,8,13);2H2,1H3. The van der Waals surface area contributed by atoms with Crippen LogP contribution in [-0.4, -0.2) is 28.5 Å². The highest BCUT2D eigenvalue weighted by molar-refractivity contribution is 7.98. The van der Waals surface area contributed by atoms with Crippen LogP contribution in [-0.2, 0) is 12.2 Å². The van der Waals surface area contributed by atoms with Crippen LogP contribution >= 0.6 is 11.8 Å². The van der Waals surface area contributed by atoms with Gasteiger partial charge in [-0.1, -0.05) is 37.3 Å². The number of hydrogen-bond acceptors (Lipinski definition) is 5. The Hall–Kier alpha value is -3.47. The van der Waals surface area contributed by atoms with E-state index in [1.807, 2.05) is 18.2 Å². The number of aromatic nitrogens is 1. The number of alkyl halides is 3. The summed E-state index contributed by atoms with van der Waals surface area (Å²) in [6.45, 7) is 1.36. The van der Waals surface area contributed by atoms with Crippen LogP contribution in [0.2, 0.25) is 0 Å². The van der Waals surface area contributed by atoms with Gasteiger partial charge in [0.25, 0.3) is 5.91 Å². The first-order valence-electron chi connectivity index (χ1n) is 10.6. The van der Waals surface area contributed by atoms with E-state index in [0.717, 1.165) is 30.2 Å². The fraction of sp³-hybridized carbons (Fsp3) is 0.250. The summed E-state index contributed by atoms with van der Waals surface area (Å²) in [7, 11) is 0. The zero-order valence-corrected chi connectivity index (χ0v) is 19.5. The molecule has 1 aromatic heterocycles. The number of halogens is 4. The Kier molecular flexibility index (Phi) is 8.44. The third-order valence-corrected chi connectivity index (χ3v) is 6.27. The lowest BCUT2D eigenvalue weighted by molar-refractivity contribution is -0.130. The molecule has 0 aliphatic carbocycles. The van der Waals surface area contributed by atoms with E-state index in [4.69, 9.17) is 0 Å². The predicted octanol–water partition coefficient (Wildman–Crippen LogP) is 4.78. The zero-order valence-electron chi connectivity index (χ0n) is 18.7. The van der Waals surface area contributed by atoms with E-state index in [-0.39, 0.29) is 18.2 Å². The minimum Gasteiger partial charge on any atom is -0.502 e. The molecule has 2 aliphatic rings. The summed E-state index contributed by atoms with van der Waals surface area (Å²) in [6.07, 6.45) is -2.45. The zero-order chi connectivity index (χ0) is 25.6. The molecule has 3 heterocycles. The minimum absolute atomic E-state index is 0.0567. The molecule has 6 nitrogen and oxygen atoms in total. The van der Waals surface area contributed by atoms with Crippen LogP contribution in [0.3, 0.4) is 0 Å². The van der Waals surface area contributed by atoms with Crippen molar-refractivity contribution in [2.75, 3.05) is 12.1 Å². The first kappa shape index (κ1) is 26.1. The number of fused-ring (bicyclic) bond motifs is 3. The van der Waals surface area contributed by atoms with Gasteiger partial charge in [0, 0.05) is 34.9 Å². The van der Waals surface area contributed by atoms with Gasteiger partial charge in [-0.2, -0.15) is 13.2 Å². The molecule has 0 saturated carbocycles. The fourth-order valence-corrected chi connectivity index (χ4v) is 4.36. The number of aromatic hydroxyl groups is 1. The first-order chi connectivity index (χ1) is 16.6. The highest BCUT2D eigenvalue weighted by Crippen LogP contribution is 2.34. The van der Waals surface area contributed by atoms with Crippen LogP contribution in [0.25, 0.3) is 0 Å². The van der Waals surface area contributed by atoms with Gasteiger partial charge in [0.15, 0.2) is 11.4 Å². The van der Waals surface area contributed by atoms with E-state index in [9.17, 15) is 32.3 Å². The maximum Gasteiger partial charge on any atom is 0.388 e. The number of carbonyl (C=O) groups is 1. The lowest BCUT2D eigenvalue weighted by Crippen LogP contribution is -2.42. The van der Waals surface area contributed by atoms with Crippen molar-refractivity contribution in [1.82, 2.24) is 9.99 Å². The van der Waals surface area contributed by atoms with Gasteiger partial charge in [0.1, 0.15) is 12.5 Å². The van der Waals surface area contributed by atoms with Crippen LogP contribution in [0.1, 0.15) is 40.5 Å². The molecule has 2 aliphatic heterocycles.